The van der Waals surface area contributed by atoms with E-state index in [1.807, 2.05) is 0 Å². The first kappa shape index (κ1) is 14.5. The van der Waals surface area contributed by atoms with Crippen molar-refractivity contribution in [3.05, 3.63) is 35.4 Å². The lowest BCUT2D eigenvalue weighted by Crippen LogP contribution is -2.37. The van der Waals surface area contributed by atoms with E-state index in [1.165, 1.54) is 36.8 Å². The van der Waals surface area contributed by atoms with Gasteiger partial charge in [-0.05, 0) is 41.7 Å². The third-order valence-corrected chi connectivity index (χ3v) is 4.80. The maximum absolute atomic E-state index is 5.85. The van der Waals surface area contributed by atoms with Crippen LogP contribution < -0.4 is 11.3 Å². The average molecular weight is 260 g/mol. The Kier molecular flexibility index (Phi) is 4.64. The second kappa shape index (κ2) is 6.06. The topological polar surface area (TPSA) is 38.0 Å². The van der Waals surface area contributed by atoms with Crippen LogP contribution in [0.3, 0.4) is 0 Å². The second-order valence-electron chi connectivity index (χ2n) is 6.62. The minimum Gasteiger partial charge on any atom is -0.271 e. The van der Waals surface area contributed by atoms with Crippen molar-refractivity contribution in [2.75, 3.05) is 0 Å². The molecule has 2 nitrogen and oxygen atoms in total. The lowest BCUT2D eigenvalue weighted by Gasteiger charge is -2.34. The van der Waals surface area contributed by atoms with Crippen LogP contribution in [0.15, 0.2) is 24.3 Å². The maximum Gasteiger partial charge on any atom is 0.0493 e. The molecule has 1 aliphatic rings. The molecule has 1 aromatic rings. The summed E-state index contributed by atoms with van der Waals surface area (Å²) in [5.41, 5.74) is 6.21. The Bertz CT molecular complexity index is 394. The summed E-state index contributed by atoms with van der Waals surface area (Å²) in [5.74, 6) is 6.49. The van der Waals surface area contributed by atoms with Crippen molar-refractivity contribution in [1.82, 2.24) is 5.43 Å². The van der Waals surface area contributed by atoms with E-state index in [9.17, 15) is 0 Å². The minimum atomic E-state index is 0.285. The first-order valence-corrected chi connectivity index (χ1v) is 7.63. The van der Waals surface area contributed by atoms with E-state index in [-0.39, 0.29) is 6.04 Å². The summed E-state index contributed by atoms with van der Waals surface area (Å²) in [7, 11) is 0. The van der Waals surface area contributed by atoms with Gasteiger partial charge in [-0.15, -0.1) is 0 Å². The van der Waals surface area contributed by atoms with Crippen LogP contribution in [-0.4, -0.2) is 0 Å². The summed E-state index contributed by atoms with van der Waals surface area (Å²) in [4.78, 5) is 0. The standard InChI is InChI=1S/C17H28N2/c1-4-6-13-8-10-14(11-9-13)16(19-18)15-7-5-12-17(15,2)3/h8-11,15-16,19H,4-7,12,18H2,1-3H3. The van der Waals surface area contributed by atoms with Gasteiger partial charge in [0.2, 0.25) is 0 Å². The number of aryl methyl sites for hydroxylation is 1. The Morgan fingerprint density at radius 3 is 2.47 bits per heavy atom. The van der Waals surface area contributed by atoms with Crippen LogP contribution in [0.2, 0.25) is 0 Å². The summed E-state index contributed by atoms with van der Waals surface area (Å²) in [6.45, 7) is 6.97. The van der Waals surface area contributed by atoms with E-state index in [2.05, 4.69) is 50.5 Å². The van der Waals surface area contributed by atoms with Gasteiger partial charge in [0.1, 0.15) is 0 Å². The third-order valence-electron chi connectivity index (χ3n) is 4.80. The molecule has 0 radical (unpaired) electrons. The first-order valence-electron chi connectivity index (χ1n) is 7.63. The highest BCUT2D eigenvalue weighted by atomic mass is 15.2. The SMILES string of the molecule is CCCc1ccc(C(NN)C2CCCC2(C)C)cc1. The highest BCUT2D eigenvalue weighted by molar-refractivity contribution is 5.26. The van der Waals surface area contributed by atoms with Crippen molar-refractivity contribution >= 4 is 0 Å². The van der Waals surface area contributed by atoms with Crippen molar-refractivity contribution in [3.8, 4) is 0 Å². The Labute approximate surface area is 117 Å². The van der Waals surface area contributed by atoms with Crippen molar-refractivity contribution in [1.29, 1.82) is 0 Å². The zero-order valence-electron chi connectivity index (χ0n) is 12.6. The van der Waals surface area contributed by atoms with Gasteiger partial charge in [-0.2, -0.15) is 0 Å². The molecular weight excluding hydrogens is 232 g/mol. The van der Waals surface area contributed by atoms with E-state index < -0.39 is 0 Å². The summed E-state index contributed by atoms with van der Waals surface area (Å²) < 4.78 is 0. The fourth-order valence-electron chi connectivity index (χ4n) is 3.60. The second-order valence-corrected chi connectivity index (χ2v) is 6.62. The molecule has 2 unspecified atom stereocenters. The minimum absolute atomic E-state index is 0.285. The van der Waals surface area contributed by atoms with Gasteiger partial charge in [0.15, 0.2) is 0 Å². The lowest BCUT2D eigenvalue weighted by atomic mass is 9.75. The molecule has 2 atom stereocenters. The number of nitrogens with one attached hydrogen (secondary N) is 1. The highest BCUT2D eigenvalue weighted by Gasteiger charge is 2.39. The van der Waals surface area contributed by atoms with Gasteiger partial charge in [0.05, 0.1) is 0 Å². The molecule has 0 heterocycles. The van der Waals surface area contributed by atoms with Crippen LogP contribution in [-0.2, 0) is 6.42 Å². The fraction of sp³-hybridized carbons (Fsp3) is 0.647. The summed E-state index contributed by atoms with van der Waals surface area (Å²) in [5, 5.41) is 0. The average Bonchev–Trinajstić information content (AvgIpc) is 2.73. The zero-order chi connectivity index (χ0) is 13.9. The monoisotopic (exact) mass is 260 g/mol. The predicted octanol–water partition coefficient (Wildman–Crippen LogP) is 3.97. The number of benzene rings is 1. The maximum atomic E-state index is 5.85. The van der Waals surface area contributed by atoms with Crippen LogP contribution in [0.25, 0.3) is 0 Å². The van der Waals surface area contributed by atoms with Gasteiger partial charge in [-0.25, -0.2) is 0 Å². The third kappa shape index (κ3) is 3.18. The number of hydrazine groups is 1. The lowest BCUT2D eigenvalue weighted by molar-refractivity contribution is 0.198. The molecule has 19 heavy (non-hydrogen) atoms. The molecule has 0 aliphatic heterocycles. The molecule has 0 amide bonds. The molecule has 1 saturated carbocycles. The van der Waals surface area contributed by atoms with Crippen LogP contribution in [0, 0.1) is 11.3 Å². The van der Waals surface area contributed by atoms with E-state index in [0.717, 1.165) is 6.42 Å². The predicted molar refractivity (Wildman–Crippen MR) is 81.6 cm³/mol. The van der Waals surface area contributed by atoms with Gasteiger partial charge >= 0.3 is 0 Å². The van der Waals surface area contributed by atoms with Gasteiger partial charge in [0.25, 0.3) is 0 Å². The molecule has 0 bridgehead atoms. The van der Waals surface area contributed by atoms with E-state index in [4.69, 9.17) is 5.84 Å². The van der Waals surface area contributed by atoms with Gasteiger partial charge in [-0.3, -0.25) is 11.3 Å². The molecule has 106 valence electrons. The van der Waals surface area contributed by atoms with Crippen molar-refractivity contribution in [2.24, 2.45) is 17.2 Å². The van der Waals surface area contributed by atoms with Crippen LogP contribution in [0.1, 0.15) is 63.6 Å². The largest absolute Gasteiger partial charge is 0.271 e. The molecule has 0 spiro atoms. The molecule has 3 N–H and O–H groups in total. The van der Waals surface area contributed by atoms with E-state index in [0.29, 0.717) is 11.3 Å². The van der Waals surface area contributed by atoms with Crippen LogP contribution in [0.4, 0.5) is 0 Å². The van der Waals surface area contributed by atoms with Gasteiger partial charge in [-0.1, -0.05) is 57.9 Å². The normalized spacial score (nSPS) is 23.5. The van der Waals surface area contributed by atoms with Crippen LogP contribution >= 0.6 is 0 Å². The Hall–Kier alpha value is -0.860. The molecule has 1 aliphatic carbocycles. The molecule has 0 saturated heterocycles. The fourth-order valence-corrected chi connectivity index (χ4v) is 3.60. The van der Waals surface area contributed by atoms with Crippen LogP contribution in [0.5, 0.6) is 0 Å². The first-order chi connectivity index (χ1) is 9.08. The number of rotatable bonds is 5. The Morgan fingerprint density at radius 2 is 2.00 bits per heavy atom. The molecular formula is C17H28N2. The van der Waals surface area contributed by atoms with Gasteiger partial charge < -0.3 is 0 Å². The number of nitrogens with two attached hydrogens (primary N) is 1. The molecule has 1 aromatic carbocycles. The van der Waals surface area contributed by atoms with E-state index in [1.54, 1.807) is 0 Å². The Balaban J connectivity index is 2.17. The summed E-state index contributed by atoms with van der Waals surface area (Å²) >= 11 is 0. The zero-order valence-corrected chi connectivity index (χ0v) is 12.6. The Morgan fingerprint density at radius 1 is 1.32 bits per heavy atom. The number of hydrogen-bond acceptors (Lipinski definition) is 2. The molecule has 0 aromatic heterocycles. The number of hydrogen-bond donors (Lipinski definition) is 2. The van der Waals surface area contributed by atoms with E-state index >= 15 is 0 Å². The summed E-state index contributed by atoms with van der Waals surface area (Å²) in [6, 6.07) is 9.30. The van der Waals surface area contributed by atoms with Crippen molar-refractivity contribution in [3.63, 3.8) is 0 Å². The quantitative estimate of drug-likeness (QED) is 0.621. The molecule has 2 rings (SSSR count). The van der Waals surface area contributed by atoms with Crippen molar-refractivity contribution < 1.29 is 0 Å². The van der Waals surface area contributed by atoms with Gasteiger partial charge in [0, 0.05) is 6.04 Å². The highest BCUT2D eigenvalue weighted by Crippen LogP contribution is 2.48. The summed E-state index contributed by atoms with van der Waals surface area (Å²) in [6.07, 6.45) is 6.27. The van der Waals surface area contributed by atoms with Crippen molar-refractivity contribution in [2.45, 2.75) is 58.9 Å². The molecule has 2 heteroatoms. The smallest absolute Gasteiger partial charge is 0.0493 e. The molecule has 1 fully saturated rings.